The van der Waals surface area contributed by atoms with Gasteiger partial charge in [-0.2, -0.15) is 34.2 Å². The van der Waals surface area contributed by atoms with Gasteiger partial charge in [-0.15, -0.1) is 0 Å². The summed E-state index contributed by atoms with van der Waals surface area (Å²) in [6.07, 6.45) is 17.9. The molecule has 772 valence electrons. The summed E-state index contributed by atoms with van der Waals surface area (Å²) in [5.41, 5.74) is 27.7. The van der Waals surface area contributed by atoms with Crippen LogP contribution in [0.4, 0.5) is 5.69 Å². The summed E-state index contributed by atoms with van der Waals surface area (Å²) in [6.45, 7) is 34.4. The van der Waals surface area contributed by atoms with Crippen LogP contribution in [0.15, 0.2) is 364 Å². The predicted molar refractivity (Wildman–Crippen MR) is 631 cm³/mol. The monoisotopic (exact) mass is 2540 g/mol. The summed E-state index contributed by atoms with van der Waals surface area (Å²) in [5.74, 6) is 7.19. The van der Waals surface area contributed by atoms with Crippen molar-refractivity contribution in [2.45, 2.75) is 199 Å². The zero-order chi connectivity index (χ0) is 106. The second-order valence-electron chi connectivity index (χ2n) is 43.9. The fourth-order valence-corrected chi connectivity index (χ4v) is 30.2. The van der Waals surface area contributed by atoms with Crippen molar-refractivity contribution in [2.75, 3.05) is 0 Å². The summed E-state index contributed by atoms with van der Waals surface area (Å²) in [7, 11) is 0. The Labute approximate surface area is 945 Å². The van der Waals surface area contributed by atoms with Gasteiger partial charge in [0.15, 0.2) is 0 Å². The molecule has 16 aromatic rings. The average molecular weight is 2540 g/mol. The first-order valence-electron chi connectivity index (χ1n) is 51.8. The molecule has 3 aromatic heterocycles. The zero-order valence-electron chi connectivity index (χ0n) is 88.7. The SMILES string of the molecule is CC(C)(C)[CH]=[Mo]=[N]C12CC3CC(CC(C3)C1)C2.CC(C)(C)[CH]=[Mo]=[N]C12CC3CC(CC(C3)C1)C2.CC(C)(C)[CH]=[W]=[N]c1c(Cl)cccc1Cl.Cc1ccc(-c2c(O)c(-c3ccc(Br)cc3)c(-c3ccccc3)c(Br)c2-c2ccccc2)cc1.Cc1ccc(C)[n-]1.Cc1ccc(C)[n-]1.Cc1ccc(C)[n-]1.Oc1c(-c2ccccc2)cc(-c2ccccc2)cc1-c1ccccc1.Oc1c(-c2ccccc2)cc(Br)cc1-c1ccccc1. The van der Waals surface area contributed by atoms with Gasteiger partial charge in [-0.1, -0.05) is 364 Å². The molecule has 0 atom stereocenters. The van der Waals surface area contributed by atoms with Gasteiger partial charge in [0.1, 0.15) is 17.2 Å². The molecule has 0 spiro atoms. The molecule has 24 rings (SSSR count). The van der Waals surface area contributed by atoms with Crippen molar-refractivity contribution in [1.29, 1.82) is 0 Å². The molecular formula is C132H140Br3Cl2Mo2N6O3W-3. The van der Waals surface area contributed by atoms with Crippen molar-refractivity contribution < 1.29 is 69.1 Å². The van der Waals surface area contributed by atoms with Crippen molar-refractivity contribution in [3.8, 4) is 117 Å². The van der Waals surface area contributed by atoms with Crippen molar-refractivity contribution in [3.05, 3.63) is 403 Å². The van der Waals surface area contributed by atoms with E-state index >= 15 is 0 Å². The van der Waals surface area contributed by atoms with Crippen LogP contribution in [0.25, 0.3) is 100 Å². The van der Waals surface area contributed by atoms with E-state index in [1.54, 1.807) is 0 Å². The first-order chi connectivity index (χ1) is 71.3. The smallest absolute Gasteiger partial charge is 0.132 e. The van der Waals surface area contributed by atoms with Crippen LogP contribution in [0.2, 0.25) is 10.0 Å². The minimum atomic E-state index is -0.850. The Hall–Kier alpha value is -9.81. The fraction of sp³-hybridized carbons (Fsp3) is 0.295. The van der Waals surface area contributed by atoms with Crippen molar-refractivity contribution in [2.24, 2.45) is 62.2 Å². The zero-order valence-corrected chi connectivity index (χ0v) is 102. The van der Waals surface area contributed by atoms with Gasteiger partial charge in [0.05, 0.1) is 0 Å². The maximum atomic E-state index is 12.0. The average Bonchev–Trinajstić information content (AvgIpc) is 1.29. The van der Waals surface area contributed by atoms with Gasteiger partial charge in [0.2, 0.25) is 0 Å². The third kappa shape index (κ3) is 33.6. The predicted octanol–water partition coefficient (Wildman–Crippen LogP) is 38.4. The minimum absolute atomic E-state index is 0.214. The molecule has 0 amide bonds. The number of halogens is 5. The molecular weight excluding hydrogens is 2400 g/mol. The minimum Gasteiger partial charge on any atom is -0.665 e. The van der Waals surface area contributed by atoms with Crippen LogP contribution in [-0.4, -0.2) is 39.6 Å². The van der Waals surface area contributed by atoms with Crippen molar-refractivity contribution in [3.63, 3.8) is 0 Å². The molecule has 3 heterocycles. The Balaban J connectivity index is 0.000000138. The van der Waals surface area contributed by atoms with E-state index in [4.69, 9.17) is 30.2 Å². The van der Waals surface area contributed by atoms with E-state index in [1.165, 1.54) is 82.6 Å². The second-order valence-corrected chi connectivity index (χ2v) is 52.7. The van der Waals surface area contributed by atoms with Gasteiger partial charge in [-0.05, 0) is 115 Å². The molecule has 3 N–H and O–H groups in total. The summed E-state index contributed by atoms with van der Waals surface area (Å²) in [5, 5.41) is 34.9. The number of hydrogen-bond acceptors (Lipinski definition) is 6. The third-order valence-electron chi connectivity index (χ3n) is 27.2. The van der Waals surface area contributed by atoms with Crippen LogP contribution in [0, 0.1) is 100 Å². The molecule has 8 aliphatic rings. The molecule has 0 aliphatic heterocycles. The van der Waals surface area contributed by atoms with Crippen LogP contribution in [0.5, 0.6) is 17.2 Å². The number of hydrogen-bond donors (Lipinski definition) is 3. The molecule has 17 heteroatoms. The quantitative estimate of drug-likeness (QED) is 0.104. The van der Waals surface area contributed by atoms with Gasteiger partial charge in [0.25, 0.3) is 0 Å². The summed E-state index contributed by atoms with van der Waals surface area (Å²) >= 11 is 21.8. The van der Waals surface area contributed by atoms with Gasteiger partial charge in [-0.25, -0.2) is 0 Å². The standard InChI is InChI=1S/C31H22Br2O.C24H18O.C18H13BrO.2C10H15N.C6H3Cl2N.3C6H8N.3C5H10.2Mo.W/c1-20-12-14-23(15-13-20)28-26(21-8-4-2-5-9-21)30(33)27(22-10-6-3-7-11-22)29(31(28)34)24-16-18-25(32)19-17-24;25-24-22(19-12-6-2-7-13-19)16-21(18-10-4-1-5-11-18)17-23(24)20-14-8-3-9-15-20;19-15-11-16(13-7-3-1-4-8-13)18(20)17(12-15)14-9-5-2-6-10-14;2*11-10-4-7-1-8(5-10)3-9(2-7)6-10;7-4-2-1-3-5(8)6(4)9;3*1-5-3-4-6(2)7-5;3*1-5(2,3)4;;;/h2-19,34H,1H3;1-17,25H;1-12,20H;2*7-9H,1-6H2;1-3H;3*3-4H,1-2H3;3*1H,2-4H3;;;/q;;;;;;3*-1;;;;;;. The van der Waals surface area contributed by atoms with Gasteiger partial charge < -0.3 is 30.3 Å². The number of rotatable bonds is 12. The Morgan fingerprint density at radius 3 is 0.846 bits per heavy atom. The van der Waals surface area contributed by atoms with Gasteiger partial charge >= 0.3 is 337 Å². The van der Waals surface area contributed by atoms with Crippen molar-refractivity contribution >= 4 is 89.9 Å². The number of aromatic hydroxyl groups is 3. The maximum absolute atomic E-state index is 12.0. The van der Waals surface area contributed by atoms with Crippen molar-refractivity contribution in [1.82, 2.24) is 15.0 Å². The van der Waals surface area contributed by atoms with E-state index in [0.29, 0.717) is 43.5 Å². The van der Waals surface area contributed by atoms with Crippen LogP contribution >= 0.6 is 71.0 Å². The van der Waals surface area contributed by atoms with E-state index in [-0.39, 0.29) is 47.0 Å². The topological polar surface area (TPSA) is 140 Å². The Kier molecular flexibility index (Phi) is 41.3. The molecule has 149 heavy (non-hydrogen) atoms. The summed E-state index contributed by atoms with van der Waals surface area (Å²) in [4.78, 5) is 12.3. The van der Waals surface area contributed by atoms with E-state index in [9.17, 15) is 15.3 Å². The Morgan fingerprint density at radius 1 is 0.302 bits per heavy atom. The molecule has 8 fully saturated rings. The number of aryl methyl sites for hydroxylation is 7. The molecule has 0 radical (unpaired) electrons. The summed E-state index contributed by atoms with van der Waals surface area (Å²) in [6, 6.07) is 113. The van der Waals surface area contributed by atoms with E-state index in [1.807, 2.05) is 308 Å². The van der Waals surface area contributed by atoms with Gasteiger partial charge in [-0.3, -0.25) is 0 Å². The number of phenols is 3. The number of aromatic nitrogens is 3. The first-order valence-corrected chi connectivity index (χ1v) is 62.0. The van der Waals surface area contributed by atoms with E-state index in [0.717, 1.165) is 189 Å². The fourth-order valence-electron chi connectivity index (χ4n) is 21.3. The van der Waals surface area contributed by atoms with Crippen LogP contribution < -0.4 is 15.0 Å². The molecule has 8 aliphatic carbocycles. The number of phenolic OH excluding ortho intramolecular Hbond substituents is 3. The molecule has 9 nitrogen and oxygen atoms in total. The Morgan fingerprint density at radius 2 is 0.570 bits per heavy atom. The van der Waals surface area contributed by atoms with E-state index < -0.39 is 17.9 Å². The normalized spacial score (nSPS) is 18.0. The molecule has 8 saturated carbocycles. The third-order valence-corrected chi connectivity index (χ3v) is 40.0. The molecule has 0 unspecified atom stereocenters. The first kappa shape index (κ1) is 115. The number of benzene rings is 13. The van der Waals surface area contributed by atoms with Crippen LogP contribution in [0.3, 0.4) is 0 Å². The van der Waals surface area contributed by atoms with Crippen LogP contribution in [0.1, 0.15) is 179 Å². The molecule has 0 saturated heterocycles. The number of nitrogens with zero attached hydrogens (tertiary/aromatic N) is 6. The maximum Gasteiger partial charge on any atom is 0.132 e. The summed E-state index contributed by atoms with van der Waals surface area (Å²) < 4.78 is 25.3. The Bertz CT molecular complexity index is 6770. The van der Waals surface area contributed by atoms with Crippen LogP contribution in [-0.2, 0) is 53.8 Å². The van der Waals surface area contributed by atoms with E-state index in [2.05, 4.69) is 221 Å². The molecule has 8 bridgehead atoms. The second kappa shape index (κ2) is 53.6. The molecule has 13 aromatic carbocycles. The largest absolute Gasteiger partial charge is 0.665 e. The van der Waals surface area contributed by atoms with Gasteiger partial charge in [0, 0.05) is 57.9 Å².